The highest BCUT2D eigenvalue weighted by Crippen LogP contribution is 2.26. The van der Waals surface area contributed by atoms with E-state index in [1.54, 1.807) is 6.92 Å². The summed E-state index contributed by atoms with van der Waals surface area (Å²) in [7, 11) is 0. The Morgan fingerprint density at radius 3 is 2.52 bits per heavy atom. The molecule has 0 amide bonds. The van der Waals surface area contributed by atoms with E-state index >= 15 is 0 Å². The van der Waals surface area contributed by atoms with Crippen LogP contribution < -0.4 is 16.0 Å². The zero-order chi connectivity index (χ0) is 20.2. The van der Waals surface area contributed by atoms with Crippen molar-refractivity contribution < 1.29 is 5.11 Å². The fourth-order valence-corrected chi connectivity index (χ4v) is 2.95. The monoisotopic (exact) mass is 385 g/mol. The first-order chi connectivity index (χ1) is 14.1. The van der Waals surface area contributed by atoms with Crippen LogP contribution in [0.25, 0.3) is 5.65 Å². The second-order valence-corrected chi connectivity index (χ2v) is 6.45. The van der Waals surface area contributed by atoms with Gasteiger partial charge < -0.3 is 21.1 Å². The molecule has 0 saturated carbocycles. The van der Waals surface area contributed by atoms with Gasteiger partial charge in [-0.2, -0.15) is 9.78 Å². The van der Waals surface area contributed by atoms with E-state index in [0.29, 0.717) is 22.8 Å². The molecule has 2 heterocycles. The highest BCUT2D eigenvalue weighted by Gasteiger charge is 2.12. The summed E-state index contributed by atoms with van der Waals surface area (Å²) in [5.41, 5.74) is 4.07. The van der Waals surface area contributed by atoms with Crippen molar-refractivity contribution in [1.82, 2.24) is 14.6 Å². The Morgan fingerprint density at radius 2 is 1.76 bits per heavy atom. The summed E-state index contributed by atoms with van der Waals surface area (Å²) < 4.78 is 1.51. The smallest absolute Gasteiger partial charge is 0.178 e. The number of benzene rings is 2. The molecule has 2 aromatic carbocycles. The van der Waals surface area contributed by atoms with E-state index in [-0.39, 0.29) is 0 Å². The molecule has 0 aliphatic heterocycles. The van der Waals surface area contributed by atoms with Crippen molar-refractivity contribution in [2.24, 2.45) is 0 Å². The first-order valence-electron chi connectivity index (χ1n) is 9.05. The number of hydrogen-bond acceptors (Lipinski definition) is 7. The number of fused-ring (bicyclic) bond motifs is 1. The number of aliphatic hydroxyl groups excluding tert-OH is 1. The molecule has 0 bridgehead atoms. The van der Waals surface area contributed by atoms with Crippen molar-refractivity contribution in [2.45, 2.75) is 13.2 Å². The van der Waals surface area contributed by atoms with Gasteiger partial charge in [0.15, 0.2) is 17.2 Å². The number of hydrogen-bond donors (Lipinski definition) is 4. The molecule has 0 spiro atoms. The Balaban J connectivity index is 1.72. The van der Waals surface area contributed by atoms with Crippen molar-refractivity contribution >= 4 is 34.2 Å². The predicted octanol–water partition coefficient (Wildman–Crippen LogP) is 3.84. The minimum atomic E-state index is -0.662. The van der Waals surface area contributed by atoms with Crippen LogP contribution in [0.3, 0.4) is 0 Å². The van der Waals surface area contributed by atoms with Gasteiger partial charge in [-0.1, -0.05) is 24.3 Å². The zero-order valence-corrected chi connectivity index (χ0v) is 15.7. The molecule has 4 rings (SSSR count). The van der Waals surface area contributed by atoms with E-state index in [0.717, 1.165) is 17.1 Å². The molecule has 0 fully saturated rings. The topological polar surface area (TPSA) is 110 Å². The van der Waals surface area contributed by atoms with Crippen LogP contribution in [0.15, 0.2) is 66.9 Å². The number of rotatable bonds is 6. The summed E-state index contributed by atoms with van der Waals surface area (Å²) in [5.74, 6) is 0.541. The van der Waals surface area contributed by atoms with Crippen LogP contribution in [-0.4, -0.2) is 25.9 Å². The lowest BCUT2D eigenvalue weighted by Gasteiger charge is -2.13. The highest BCUT2D eigenvalue weighted by atomic mass is 16.3. The Morgan fingerprint density at radius 1 is 1.00 bits per heavy atom. The van der Waals surface area contributed by atoms with Gasteiger partial charge in [-0.05, 0) is 37.3 Å². The van der Waals surface area contributed by atoms with E-state index in [1.807, 2.05) is 60.7 Å². The van der Waals surface area contributed by atoms with Crippen LogP contribution in [0.1, 0.15) is 12.6 Å². The van der Waals surface area contributed by atoms with Gasteiger partial charge in [-0.15, -0.1) is 5.10 Å². The molecule has 0 saturated heterocycles. The number of nitrogens with one attached hydrogen (secondary N) is 3. The lowest BCUT2D eigenvalue weighted by atomic mass is 10.2. The van der Waals surface area contributed by atoms with Gasteiger partial charge in [-0.3, -0.25) is 0 Å². The van der Waals surface area contributed by atoms with Gasteiger partial charge in [0.05, 0.1) is 11.9 Å². The number of anilines is 5. The Labute approximate surface area is 167 Å². The number of para-hydroxylation sites is 1. The maximum absolute atomic E-state index is 9.52. The largest absolute Gasteiger partial charge is 0.374 e. The van der Waals surface area contributed by atoms with Crippen LogP contribution in [-0.2, 0) is 0 Å². The molecule has 2 aromatic heterocycles. The van der Waals surface area contributed by atoms with Gasteiger partial charge in [-0.25, -0.2) is 4.98 Å². The molecular weight excluding hydrogens is 366 g/mol. The van der Waals surface area contributed by atoms with Gasteiger partial charge in [0.25, 0.3) is 0 Å². The minimum absolute atomic E-state index is 0.337. The summed E-state index contributed by atoms with van der Waals surface area (Å²) in [6.45, 7) is 1.65. The lowest BCUT2D eigenvalue weighted by molar-refractivity contribution is 0.224. The Kier molecular flexibility index (Phi) is 4.97. The van der Waals surface area contributed by atoms with Crippen LogP contribution >= 0.6 is 0 Å². The lowest BCUT2D eigenvalue weighted by Crippen LogP contribution is -2.13. The zero-order valence-electron chi connectivity index (χ0n) is 15.7. The van der Waals surface area contributed by atoms with Crippen LogP contribution in [0.5, 0.6) is 0 Å². The molecular formula is C21H19N7O. The fraction of sp³-hybridized carbons (Fsp3) is 0.0952. The first kappa shape index (κ1) is 18.3. The Hall–Kier alpha value is -4.09. The molecule has 144 valence electrons. The number of nitriles is 1. The van der Waals surface area contributed by atoms with Crippen molar-refractivity contribution in [2.75, 3.05) is 16.0 Å². The normalized spacial score (nSPS) is 11.6. The summed E-state index contributed by atoms with van der Waals surface area (Å²) in [4.78, 5) is 4.33. The van der Waals surface area contributed by atoms with Gasteiger partial charge in [0, 0.05) is 23.1 Å². The molecule has 4 aromatic rings. The van der Waals surface area contributed by atoms with E-state index in [4.69, 9.17) is 0 Å². The van der Waals surface area contributed by atoms with Crippen molar-refractivity contribution in [3.05, 3.63) is 72.6 Å². The molecule has 1 unspecified atom stereocenters. The second kappa shape index (κ2) is 7.88. The van der Waals surface area contributed by atoms with Crippen molar-refractivity contribution in [3.63, 3.8) is 0 Å². The number of imidazole rings is 1. The van der Waals surface area contributed by atoms with E-state index in [1.165, 1.54) is 10.7 Å². The molecule has 0 radical (unpaired) electrons. The quantitative estimate of drug-likeness (QED) is 0.373. The van der Waals surface area contributed by atoms with E-state index < -0.39 is 6.23 Å². The second-order valence-electron chi connectivity index (χ2n) is 6.45. The summed E-state index contributed by atoms with van der Waals surface area (Å²) >= 11 is 0. The maximum Gasteiger partial charge on any atom is 0.178 e. The van der Waals surface area contributed by atoms with Gasteiger partial charge >= 0.3 is 0 Å². The minimum Gasteiger partial charge on any atom is -0.374 e. The molecule has 0 aliphatic carbocycles. The summed E-state index contributed by atoms with van der Waals surface area (Å²) in [6.07, 6.45) is 0.834. The molecule has 1 atom stereocenters. The number of nitrogens with zero attached hydrogens (tertiary/aromatic N) is 4. The molecule has 29 heavy (non-hydrogen) atoms. The van der Waals surface area contributed by atoms with Gasteiger partial charge in [0.2, 0.25) is 0 Å². The summed E-state index contributed by atoms with van der Waals surface area (Å²) in [5, 5.41) is 32.9. The Bertz CT molecular complexity index is 1180. The molecule has 8 nitrogen and oxygen atoms in total. The van der Waals surface area contributed by atoms with E-state index in [9.17, 15) is 10.4 Å². The molecule has 0 aliphatic rings. The third-order valence-corrected chi connectivity index (χ3v) is 4.15. The fourth-order valence-electron chi connectivity index (χ4n) is 2.95. The molecule has 4 N–H and O–H groups in total. The predicted molar refractivity (Wildman–Crippen MR) is 112 cm³/mol. The summed E-state index contributed by atoms with van der Waals surface area (Å²) in [6, 6.07) is 21.1. The number of aliphatic hydroxyl groups is 1. The average molecular weight is 385 g/mol. The van der Waals surface area contributed by atoms with Crippen molar-refractivity contribution in [3.8, 4) is 6.07 Å². The third-order valence-electron chi connectivity index (χ3n) is 4.15. The van der Waals surface area contributed by atoms with Crippen LogP contribution in [0, 0.1) is 11.3 Å². The van der Waals surface area contributed by atoms with Crippen LogP contribution in [0.4, 0.5) is 28.6 Å². The maximum atomic E-state index is 9.52. The van der Waals surface area contributed by atoms with Crippen LogP contribution in [0.2, 0.25) is 0 Å². The molecule has 8 heteroatoms. The number of aromatic nitrogens is 3. The van der Waals surface area contributed by atoms with Gasteiger partial charge in [0.1, 0.15) is 12.3 Å². The average Bonchev–Trinajstić information content (AvgIpc) is 3.12. The van der Waals surface area contributed by atoms with Crippen molar-refractivity contribution in [1.29, 1.82) is 5.26 Å². The first-order valence-corrected chi connectivity index (χ1v) is 9.05. The standard InChI is InChI=1S/C21H19N7O/c1-14(29)24-16-8-5-9-17(10-16)26-20-11-19(25-15-6-3-2-4-7-15)21-23-13-18(12-22)28(21)27-20/h2-11,13-14,24-25,29H,1H3,(H,26,27). The third kappa shape index (κ3) is 4.10. The van der Waals surface area contributed by atoms with E-state index in [2.05, 4.69) is 32.1 Å². The SMILES string of the molecule is CC(O)Nc1cccc(Nc2cc(Nc3ccccc3)c3ncc(C#N)n3n2)c1. The highest BCUT2D eigenvalue weighted by molar-refractivity contribution is 5.77.